The lowest BCUT2D eigenvalue weighted by atomic mass is 9.81. The molecule has 5 heteroatoms. The lowest BCUT2D eigenvalue weighted by Crippen LogP contribution is -2.46. The average Bonchev–Trinajstić information content (AvgIpc) is 2.47. The van der Waals surface area contributed by atoms with Crippen molar-refractivity contribution in [1.29, 1.82) is 0 Å². The first kappa shape index (κ1) is 19.2. The van der Waals surface area contributed by atoms with Gasteiger partial charge in [0.1, 0.15) is 0 Å². The summed E-state index contributed by atoms with van der Waals surface area (Å²) in [5.74, 6) is -1.33. The van der Waals surface area contributed by atoms with Crippen LogP contribution in [0.25, 0.3) is 0 Å². The van der Waals surface area contributed by atoms with Crippen LogP contribution < -0.4 is 10.6 Å². The first-order valence-electron chi connectivity index (χ1n) is 7.89. The van der Waals surface area contributed by atoms with Crippen LogP contribution in [0.4, 0.5) is 5.69 Å². The van der Waals surface area contributed by atoms with E-state index in [0.29, 0.717) is 5.69 Å². The number of anilines is 1. The third-order valence-corrected chi connectivity index (χ3v) is 4.11. The Balaban J connectivity index is 2.60. The predicted octanol–water partition coefficient (Wildman–Crippen LogP) is 2.40. The van der Waals surface area contributed by atoms with E-state index in [1.807, 2.05) is 53.7 Å². The van der Waals surface area contributed by atoms with Gasteiger partial charge in [-0.25, -0.2) is 0 Å². The van der Waals surface area contributed by atoms with Crippen LogP contribution in [0.1, 0.15) is 38.8 Å². The molecule has 2 amide bonds. The molecule has 1 aromatic carbocycles. The molecule has 0 heterocycles. The second-order valence-corrected chi connectivity index (χ2v) is 7.11. The number of aliphatic hydroxyl groups is 1. The normalized spacial score (nSPS) is 12.9. The Bertz CT molecular complexity index is 580. The molecular weight excluding hydrogens is 292 g/mol. The summed E-state index contributed by atoms with van der Waals surface area (Å²) in [6, 6.07) is 5.48. The van der Waals surface area contributed by atoms with E-state index < -0.39 is 23.3 Å². The number of nitrogens with one attached hydrogen (secondary N) is 2. The van der Waals surface area contributed by atoms with Gasteiger partial charge in [-0.3, -0.25) is 9.59 Å². The maximum absolute atomic E-state index is 11.9. The van der Waals surface area contributed by atoms with Gasteiger partial charge in [0.25, 0.3) is 0 Å². The molecule has 5 nitrogen and oxygen atoms in total. The summed E-state index contributed by atoms with van der Waals surface area (Å²) in [5, 5.41) is 15.3. The Morgan fingerprint density at radius 2 is 1.74 bits per heavy atom. The monoisotopic (exact) mass is 320 g/mol. The molecule has 1 atom stereocenters. The second kappa shape index (κ2) is 7.59. The van der Waals surface area contributed by atoms with Gasteiger partial charge in [-0.1, -0.05) is 33.8 Å². The second-order valence-electron chi connectivity index (χ2n) is 7.11. The van der Waals surface area contributed by atoms with Crippen molar-refractivity contribution in [3.63, 3.8) is 0 Å². The van der Waals surface area contributed by atoms with Gasteiger partial charge in [0.2, 0.25) is 0 Å². The summed E-state index contributed by atoms with van der Waals surface area (Å²) in [6.45, 7) is 11.7. The Hall–Kier alpha value is -1.88. The van der Waals surface area contributed by atoms with Crippen molar-refractivity contribution in [3.8, 4) is 0 Å². The van der Waals surface area contributed by atoms with Crippen molar-refractivity contribution in [1.82, 2.24) is 5.32 Å². The molecular formula is C18H28N2O3. The molecule has 0 radical (unpaired) electrons. The zero-order valence-electron chi connectivity index (χ0n) is 14.9. The van der Waals surface area contributed by atoms with Crippen LogP contribution >= 0.6 is 0 Å². The number of benzene rings is 1. The largest absolute Gasteiger partial charge is 0.392 e. The highest BCUT2D eigenvalue weighted by Crippen LogP contribution is 2.25. The van der Waals surface area contributed by atoms with E-state index in [2.05, 4.69) is 10.6 Å². The fourth-order valence-corrected chi connectivity index (χ4v) is 2.40. The molecule has 0 aromatic heterocycles. The highest BCUT2D eigenvalue weighted by Gasteiger charge is 2.31. The van der Waals surface area contributed by atoms with Gasteiger partial charge in [0.05, 0.1) is 6.10 Å². The average molecular weight is 320 g/mol. The van der Waals surface area contributed by atoms with Crippen LogP contribution in [-0.2, 0) is 9.59 Å². The molecule has 23 heavy (non-hydrogen) atoms. The molecule has 0 bridgehead atoms. The SMILES string of the molecule is Cc1ccc(NC(=O)C(=O)NCC(C)(C)C(O)C(C)C)cc1C. The van der Waals surface area contributed by atoms with Crippen molar-refractivity contribution in [3.05, 3.63) is 29.3 Å². The highest BCUT2D eigenvalue weighted by atomic mass is 16.3. The summed E-state index contributed by atoms with van der Waals surface area (Å²) in [7, 11) is 0. The van der Waals surface area contributed by atoms with Crippen LogP contribution in [0.15, 0.2) is 18.2 Å². The quantitative estimate of drug-likeness (QED) is 0.729. The summed E-state index contributed by atoms with van der Waals surface area (Å²) in [4.78, 5) is 23.9. The smallest absolute Gasteiger partial charge is 0.313 e. The molecule has 0 aliphatic heterocycles. The molecule has 1 rings (SSSR count). The Kier molecular flexibility index (Phi) is 6.33. The van der Waals surface area contributed by atoms with Gasteiger partial charge in [-0.05, 0) is 43.0 Å². The Morgan fingerprint density at radius 1 is 1.13 bits per heavy atom. The summed E-state index contributed by atoms with van der Waals surface area (Å²) in [6.07, 6.45) is -0.564. The third kappa shape index (κ3) is 5.36. The van der Waals surface area contributed by atoms with E-state index in [-0.39, 0.29) is 12.5 Å². The molecule has 0 saturated heterocycles. The molecule has 0 spiro atoms. The number of hydrogen-bond donors (Lipinski definition) is 3. The molecule has 0 saturated carbocycles. The number of amides is 2. The summed E-state index contributed by atoms with van der Waals surface area (Å²) in [5.41, 5.74) is 2.25. The van der Waals surface area contributed by atoms with Crippen LogP contribution in [0.5, 0.6) is 0 Å². The Morgan fingerprint density at radius 3 is 2.26 bits per heavy atom. The molecule has 3 N–H and O–H groups in total. The van der Waals surface area contributed by atoms with Gasteiger partial charge in [-0.2, -0.15) is 0 Å². The number of rotatable bonds is 5. The van der Waals surface area contributed by atoms with E-state index in [0.717, 1.165) is 11.1 Å². The summed E-state index contributed by atoms with van der Waals surface area (Å²) >= 11 is 0. The lowest BCUT2D eigenvalue weighted by Gasteiger charge is -2.33. The van der Waals surface area contributed by atoms with Crippen molar-refractivity contribution >= 4 is 17.5 Å². The molecule has 0 fully saturated rings. The number of aryl methyl sites for hydroxylation is 2. The standard InChI is InChI=1S/C18H28N2O3/c1-11(2)15(21)18(5,6)10-19-16(22)17(23)20-14-8-7-12(3)13(4)9-14/h7-9,11,15,21H,10H2,1-6H3,(H,19,22)(H,20,23). The van der Waals surface area contributed by atoms with Gasteiger partial charge in [0.15, 0.2) is 0 Å². The Labute approximate surface area is 138 Å². The fraction of sp³-hybridized carbons (Fsp3) is 0.556. The van der Waals surface area contributed by atoms with Crippen molar-refractivity contribution in [2.45, 2.75) is 47.6 Å². The molecule has 128 valence electrons. The first-order chi connectivity index (χ1) is 10.5. The number of aliphatic hydroxyl groups excluding tert-OH is 1. The van der Waals surface area contributed by atoms with Crippen molar-refractivity contribution < 1.29 is 14.7 Å². The minimum Gasteiger partial charge on any atom is -0.392 e. The fourth-order valence-electron chi connectivity index (χ4n) is 2.40. The third-order valence-electron chi connectivity index (χ3n) is 4.11. The van der Waals surface area contributed by atoms with Crippen LogP contribution in [0.2, 0.25) is 0 Å². The van der Waals surface area contributed by atoms with Crippen LogP contribution in [0.3, 0.4) is 0 Å². The van der Waals surface area contributed by atoms with Gasteiger partial charge in [0, 0.05) is 17.6 Å². The minimum absolute atomic E-state index is 0.0752. The van der Waals surface area contributed by atoms with E-state index in [4.69, 9.17) is 0 Å². The maximum Gasteiger partial charge on any atom is 0.313 e. The number of carbonyl (C=O) groups is 2. The molecule has 1 aromatic rings. The van der Waals surface area contributed by atoms with Gasteiger partial charge in [-0.15, -0.1) is 0 Å². The van der Waals surface area contributed by atoms with E-state index >= 15 is 0 Å². The molecule has 0 aliphatic carbocycles. The zero-order chi connectivity index (χ0) is 17.8. The van der Waals surface area contributed by atoms with E-state index in [1.165, 1.54) is 0 Å². The topological polar surface area (TPSA) is 78.4 Å². The highest BCUT2D eigenvalue weighted by molar-refractivity contribution is 6.39. The molecule has 0 aliphatic rings. The minimum atomic E-state index is -0.705. The number of carbonyl (C=O) groups excluding carboxylic acids is 2. The zero-order valence-corrected chi connectivity index (χ0v) is 14.9. The van der Waals surface area contributed by atoms with Gasteiger partial charge < -0.3 is 15.7 Å². The lowest BCUT2D eigenvalue weighted by molar-refractivity contribution is -0.136. The molecule has 1 unspecified atom stereocenters. The van der Waals surface area contributed by atoms with Gasteiger partial charge >= 0.3 is 11.8 Å². The van der Waals surface area contributed by atoms with Crippen LogP contribution in [-0.4, -0.2) is 29.6 Å². The maximum atomic E-state index is 11.9. The summed E-state index contributed by atoms with van der Waals surface area (Å²) < 4.78 is 0. The predicted molar refractivity (Wildman–Crippen MR) is 92.2 cm³/mol. The number of hydrogen-bond acceptors (Lipinski definition) is 3. The van der Waals surface area contributed by atoms with Crippen LogP contribution in [0, 0.1) is 25.2 Å². The van der Waals surface area contributed by atoms with Crippen molar-refractivity contribution in [2.24, 2.45) is 11.3 Å². The van der Waals surface area contributed by atoms with E-state index in [9.17, 15) is 14.7 Å². The van der Waals surface area contributed by atoms with E-state index in [1.54, 1.807) is 6.07 Å². The first-order valence-corrected chi connectivity index (χ1v) is 7.89. The van der Waals surface area contributed by atoms with Crippen molar-refractivity contribution in [2.75, 3.05) is 11.9 Å².